The maximum atomic E-state index is 14.6. The minimum Gasteiger partial charge on any atom is -0.342 e. The minimum atomic E-state index is -4.73. The van der Waals surface area contributed by atoms with Crippen LogP contribution in [0.1, 0.15) is 42.9 Å². The second kappa shape index (κ2) is 6.33. The molecule has 0 radical (unpaired) electrons. The van der Waals surface area contributed by atoms with Crippen LogP contribution in [-0.2, 0) is 22.8 Å². The Morgan fingerprint density at radius 2 is 1.89 bits per heavy atom. The number of benzene rings is 2. The summed E-state index contributed by atoms with van der Waals surface area (Å²) in [7, 11) is 1.84. The molecule has 0 aromatic heterocycles. The standard InChI is InChI=1S/C22H21F4NO/c1-21-11-10-19(28)27(2)18(21)9-7-14-12-13(6-8-16(14)21)15-4-3-5-17(20(15)23)22(24,25)26/h3-6,8,12,18H,7,9-11H2,1-2H3/t18-,21-/m1/s1. The molecule has 1 saturated heterocycles. The summed E-state index contributed by atoms with van der Waals surface area (Å²) >= 11 is 0. The summed E-state index contributed by atoms with van der Waals surface area (Å²) in [5, 5.41) is 0. The topological polar surface area (TPSA) is 20.3 Å². The number of aryl methyl sites for hydroxylation is 1. The Morgan fingerprint density at radius 1 is 1.14 bits per heavy atom. The SMILES string of the molecule is CN1C(=O)CC[C@]2(C)c3ccc(-c4cccc(C(F)(F)F)c4F)cc3CC[C@@H]12. The van der Waals surface area contributed by atoms with Crippen LogP contribution >= 0.6 is 0 Å². The molecule has 28 heavy (non-hydrogen) atoms. The normalized spacial score (nSPS) is 24.7. The summed E-state index contributed by atoms with van der Waals surface area (Å²) in [5.74, 6) is -1.09. The summed E-state index contributed by atoms with van der Waals surface area (Å²) in [5.41, 5.74) is 1.10. The van der Waals surface area contributed by atoms with Gasteiger partial charge in [-0.2, -0.15) is 13.2 Å². The molecule has 6 heteroatoms. The zero-order valence-corrected chi connectivity index (χ0v) is 15.7. The number of carbonyl (C=O) groups excluding carboxylic acids is 1. The van der Waals surface area contributed by atoms with Crippen molar-refractivity contribution >= 4 is 5.91 Å². The Balaban J connectivity index is 1.77. The smallest absolute Gasteiger partial charge is 0.342 e. The molecule has 0 unspecified atom stereocenters. The Morgan fingerprint density at radius 3 is 2.61 bits per heavy atom. The number of carbonyl (C=O) groups is 1. The number of halogens is 4. The van der Waals surface area contributed by atoms with Gasteiger partial charge in [0.05, 0.1) is 5.56 Å². The lowest BCUT2D eigenvalue weighted by Crippen LogP contribution is -2.56. The van der Waals surface area contributed by atoms with Crippen molar-refractivity contribution in [3.8, 4) is 11.1 Å². The van der Waals surface area contributed by atoms with Crippen molar-refractivity contribution < 1.29 is 22.4 Å². The molecule has 1 heterocycles. The van der Waals surface area contributed by atoms with Crippen LogP contribution in [0.3, 0.4) is 0 Å². The van der Waals surface area contributed by atoms with Gasteiger partial charge in [0.15, 0.2) is 0 Å². The van der Waals surface area contributed by atoms with E-state index >= 15 is 0 Å². The van der Waals surface area contributed by atoms with Gasteiger partial charge in [-0.05, 0) is 42.0 Å². The number of amides is 1. The number of alkyl halides is 3. The second-order valence-electron chi connectivity index (χ2n) is 8.01. The molecule has 0 N–H and O–H groups in total. The van der Waals surface area contributed by atoms with Gasteiger partial charge in [-0.25, -0.2) is 4.39 Å². The van der Waals surface area contributed by atoms with Crippen LogP contribution in [0.15, 0.2) is 36.4 Å². The first-order valence-electron chi connectivity index (χ1n) is 9.38. The molecule has 4 rings (SSSR count). The fraction of sp³-hybridized carbons (Fsp3) is 0.409. The van der Waals surface area contributed by atoms with Gasteiger partial charge in [0.1, 0.15) is 5.82 Å². The van der Waals surface area contributed by atoms with E-state index < -0.39 is 17.6 Å². The van der Waals surface area contributed by atoms with Crippen molar-refractivity contribution in [2.45, 2.75) is 50.2 Å². The van der Waals surface area contributed by atoms with Gasteiger partial charge in [0.25, 0.3) is 0 Å². The highest BCUT2D eigenvalue weighted by molar-refractivity contribution is 5.78. The number of nitrogens with zero attached hydrogens (tertiary/aromatic N) is 1. The molecule has 1 aliphatic heterocycles. The number of piperidine rings is 1. The Bertz CT molecular complexity index is 952. The quantitative estimate of drug-likeness (QED) is 0.601. The zero-order valence-electron chi connectivity index (χ0n) is 15.7. The van der Waals surface area contributed by atoms with Gasteiger partial charge in [0.2, 0.25) is 5.91 Å². The molecule has 2 nitrogen and oxygen atoms in total. The first kappa shape index (κ1) is 19.0. The number of fused-ring (bicyclic) bond motifs is 3. The van der Waals surface area contributed by atoms with Crippen molar-refractivity contribution in [1.29, 1.82) is 0 Å². The summed E-state index contributed by atoms with van der Waals surface area (Å²) in [4.78, 5) is 13.9. The molecular formula is C22H21F4NO. The molecule has 0 bridgehead atoms. The van der Waals surface area contributed by atoms with Crippen LogP contribution in [0, 0.1) is 5.82 Å². The lowest BCUT2D eigenvalue weighted by Gasteiger charge is -2.50. The number of hydrogen-bond donors (Lipinski definition) is 0. The zero-order chi connectivity index (χ0) is 20.3. The first-order chi connectivity index (χ1) is 13.1. The summed E-state index contributed by atoms with van der Waals surface area (Å²) in [6, 6.07) is 8.90. The Kier molecular flexibility index (Phi) is 4.28. The van der Waals surface area contributed by atoms with Crippen molar-refractivity contribution in [2.75, 3.05) is 7.05 Å². The fourth-order valence-electron chi connectivity index (χ4n) is 4.93. The number of rotatable bonds is 1. The molecule has 1 aliphatic carbocycles. The van der Waals surface area contributed by atoms with Crippen LogP contribution in [-0.4, -0.2) is 23.9 Å². The molecule has 2 aromatic rings. The Hall–Kier alpha value is -2.37. The van der Waals surface area contributed by atoms with Gasteiger partial charge in [0, 0.05) is 30.5 Å². The maximum absolute atomic E-state index is 14.6. The van der Waals surface area contributed by atoms with Crippen LogP contribution < -0.4 is 0 Å². The van der Waals surface area contributed by atoms with Gasteiger partial charge >= 0.3 is 6.18 Å². The molecule has 2 aliphatic rings. The van der Waals surface area contributed by atoms with E-state index in [0.717, 1.165) is 30.0 Å². The third-order valence-electron chi connectivity index (χ3n) is 6.48. The number of likely N-dealkylation sites (N-methyl/N-ethyl adjacent to an activating group) is 1. The average Bonchev–Trinajstić information content (AvgIpc) is 2.64. The highest BCUT2D eigenvalue weighted by Gasteiger charge is 2.46. The molecule has 2 aromatic carbocycles. The van der Waals surface area contributed by atoms with Crippen molar-refractivity contribution in [2.24, 2.45) is 0 Å². The highest BCUT2D eigenvalue weighted by atomic mass is 19.4. The molecule has 0 saturated carbocycles. The van der Waals surface area contributed by atoms with E-state index in [-0.39, 0.29) is 22.9 Å². The lowest BCUT2D eigenvalue weighted by atomic mass is 9.63. The number of likely N-dealkylation sites (tertiary alicyclic amines) is 1. The van der Waals surface area contributed by atoms with Crippen molar-refractivity contribution in [1.82, 2.24) is 4.90 Å². The van der Waals surface area contributed by atoms with Gasteiger partial charge in [-0.3, -0.25) is 4.79 Å². The molecule has 1 fully saturated rings. The number of hydrogen-bond acceptors (Lipinski definition) is 1. The first-order valence-corrected chi connectivity index (χ1v) is 9.38. The van der Waals surface area contributed by atoms with Gasteiger partial charge < -0.3 is 4.90 Å². The predicted molar refractivity (Wildman–Crippen MR) is 98.3 cm³/mol. The molecule has 1 amide bonds. The minimum absolute atomic E-state index is 0.0409. The molecule has 148 valence electrons. The van der Waals surface area contributed by atoms with Crippen LogP contribution in [0.25, 0.3) is 11.1 Å². The maximum Gasteiger partial charge on any atom is 0.419 e. The summed E-state index contributed by atoms with van der Waals surface area (Å²) in [6.07, 6.45) is -2.01. The van der Waals surface area contributed by atoms with Gasteiger partial charge in [-0.15, -0.1) is 0 Å². The van der Waals surface area contributed by atoms with E-state index in [9.17, 15) is 22.4 Å². The van der Waals surface area contributed by atoms with Gasteiger partial charge in [-0.1, -0.05) is 37.3 Å². The molecular weight excluding hydrogens is 370 g/mol. The monoisotopic (exact) mass is 391 g/mol. The summed E-state index contributed by atoms with van der Waals surface area (Å²) < 4.78 is 53.7. The second-order valence-corrected chi connectivity index (χ2v) is 8.01. The van der Waals surface area contributed by atoms with E-state index in [1.807, 2.05) is 24.1 Å². The van der Waals surface area contributed by atoms with E-state index in [4.69, 9.17) is 0 Å². The summed E-state index contributed by atoms with van der Waals surface area (Å²) in [6.45, 7) is 2.14. The van der Waals surface area contributed by atoms with Crippen molar-refractivity contribution in [3.05, 3.63) is 58.9 Å². The van der Waals surface area contributed by atoms with E-state index in [2.05, 4.69) is 6.92 Å². The third-order valence-corrected chi connectivity index (χ3v) is 6.48. The average molecular weight is 391 g/mol. The molecule has 0 spiro atoms. The third kappa shape index (κ3) is 2.81. The van der Waals surface area contributed by atoms with E-state index in [1.54, 1.807) is 6.07 Å². The highest BCUT2D eigenvalue weighted by Crippen LogP contribution is 2.46. The van der Waals surface area contributed by atoms with Crippen LogP contribution in [0.2, 0.25) is 0 Å². The lowest BCUT2D eigenvalue weighted by molar-refractivity contribution is -0.140. The predicted octanol–water partition coefficient (Wildman–Crippen LogP) is 5.34. The largest absolute Gasteiger partial charge is 0.419 e. The molecule has 2 atom stereocenters. The van der Waals surface area contributed by atoms with E-state index in [1.165, 1.54) is 12.1 Å². The van der Waals surface area contributed by atoms with E-state index in [0.29, 0.717) is 18.4 Å². The van der Waals surface area contributed by atoms with Crippen molar-refractivity contribution in [3.63, 3.8) is 0 Å². The van der Waals surface area contributed by atoms with Crippen LogP contribution in [0.5, 0.6) is 0 Å². The van der Waals surface area contributed by atoms with Crippen LogP contribution in [0.4, 0.5) is 17.6 Å². The Labute approximate surface area is 161 Å². The fourth-order valence-corrected chi connectivity index (χ4v) is 4.93.